The number of halogens is 3. The normalized spacial score (nSPS) is 12.5. The van der Waals surface area contributed by atoms with Crippen LogP contribution in [-0.4, -0.2) is 0 Å². The fraction of sp³-hybridized carbons (Fsp3) is 0.143. The summed E-state index contributed by atoms with van der Waals surface area (Å²) in [4.78, 5) is 0. The van der Waals surface area contributed by atoms with Crippen LogP contribution < -0.4 is 0 Å². The molecule has 0 spiro atoms. The summed E-state index contributed by atoms with van der Waals surface area (Å²) in [7, 11) is 0. The van der Waals surface area contributed by atoms with Gasteiger partial charge < -0.3 is 0 Å². The Hall–Kier alpha value is -1.41. The van der Waals surface area contributed by atoms with Crippen molar-refractivity contribution in [1.82, 2.24) is 0 Å². The van der Waals surface area contributed by atoms with E-state index in [1.165, 1.54) is 12.1 Å². The van der Waals surface area contributed by atoms with Crippen LogP contribution in [-0.2, 0) is 0 Å². The highest BCUT2D eigenvalue weighted by atomic mass is 35.5. The highest BCUT2D eigenvalue weighted by molar-refractivity contribution is 6.22. The monoisotopic (exact) mass is 252 g/mol. The number of hydrogen-bond donors (Lipinski definition) is 0. The molecule has 1 atom stereocenters. The number of benzene rings is 2. The molecule has 0 saturated carbocycles. The van der Waals surface area contributed by atoms with Gasteiger partial charge in [0.25, 0.3) is 0 Å². The van der Waals surface area contributed by atoms with Gasteiger partial charge in [0.15, 0.2) is 0 Å². The van der Waals surface area contributed by atoms with Gasteiger partial charge in [-0.1, -0.05) is 30.3 Å². The van der Waals surface area contributed by atoms with E-state index in [0.717, 1.165) is 0 Å². The Morgan fingerprint density at radius 1 is 1.00 bits per heavy atom. The van der Waals surface area contributed by atoms with Crippen LogP contribution >= 0.6 is 11.6 Å². The Bertz CT molecular complexity index is 520. The molecule has 0 amide bonds. The van der Waals surface area contributed by atoms with Gasteiger partial charge in [0.1, 0.15) is 11.6 Å². The predicted molar refractivity (Wildman–Crippen MR) is 65.2 cm³/mol. The van der Waals surface area contributed by atoms with Crippen molar-refractivity contribution in [3.8, 4) is 0 Å². The van der Waals surface area contributed by atoms with E-state index in [0.29, 0.717) is 16.7 Å². The first-order valence-corrected chi connectivity index (χ1v) is 5.68. The first-order valence-electron chi connectivity index (χ1n) is 5.24. The van der Waals surface area contributed by atoms with Crippen LogP contribution in [0.4, 0.5) is 8.78 Å². The second-order valence-electron chi connectivity index (χ2n) is 3.89. The molecule has 0 radical (unpaired) electrons. The van der Waals surface area contributed by atoms with Gasteiger partial charge in [-0.15, -0.1) is 11.6 Å². The van der Waals surface area contributed by atoms with Crippen LogP contribution in [0.25, 0.3) is 0 Å². The summed E-state index contributed by atoms with van der Waals surface area (Å²) in [6, 6.07) is 10.9. The number of aryl methyl sites for hydroxylation is 1. The molecule has 2 rings (SSSR count). The van der Waals surface area contributed by atoms with E-state index in [4.69, 9.17) is 11.6 Å². The zero-order chi connectivity index (χ0) is 12.4. The van der Waals surface area contributed by atoms with E-state index in [1.807, 2.05) is 0 Å². The molecule has 17 heavy (non-hydrogen) atoms. The Labute approximate surface area is 104 Å². The van der Waals surface area contributed by atoms with Crippen LogP contribution in [0.15, 0.2) is 42.5 Å². The van der Waals surface area contributed by atoms with Crippen molar-refractivity contribution in [3.63, 3.8) is 0 Å². The largest absolute Gasteiger partial charge is 0.207 e. The summed E-state index contributed by atoms with van der Waals surface area (Å²) >= 11 is 6.20. The van der Waals surface area contributed by atoms with Crippen molar-refractivity contribution in [2.45, 2.75) is 12.3 Å². The van der Waals surface area contributed by atoms with E-state index in [2.05, 4.69) is 0 Å². The summed E-state index contributed by atoms with van der Waals surface area (Å²) in [5.74, 6) is -0.640. The summed E-state index contributed by atoms with van der Waals surface area (Å²) < 4.78 is 26.6. The molecule has 2 aromatic carbocycles. The van der Waals surface area contributed by atoms with Crippen molar-refractivity contribution >= 4 is 11.6 Å². The molecule has 2 aromatic rings. The molecule has 0 saturated heterocycles. The molecule has 0 N–H and O–H groups in total. The Morgan fingerprint density at radius 2 is 1.65 bits per heavy atom. The molecule has 0 heterocycles. The van der Waals surface area contributed by atoms with Crippen LogP contribution in [0.2, 0.25) is 0 Å². The molecule has 0 nitrogen and oxygen atoms in total. The number of hydrogen-bond acceptors (Lipinski definition) is 0. The lowest BCUT2D eigenvalue weighted by Gasteiger charge is -2.12. The van der Waals surface area contributed by atoms with Crippen molar-refractivity contribution in [2.75, 3.05) is 0 Å². The average Bonchev–Trinajstić information content (AvgIpc) is 2.33. The van der Waals surface area contributed by atoms with Gasteiger partial charge in [-0.05, 0) is 30.2 Å². The van der Waals surface area contributed by atoms with Gasteiger partial charge in [0.2, 0.25) is 0 Å². The van der Waals surface area contributed by atoms with E-state index in [9.17, 15) is 8.78 Å². The van der Waals surface area contributed by atoms with E-state index in [-0.39, 0.29) is 11.6 Å². The molecule has 3 heteroatoms. The topological polar surface area (TPSA) is 0 Å². The van der Waals surface area contributed by atoms with Crippen LogP contribution in [0.3, 0.4) is 0 Å². The molecule has 0 aliphatic rings. The van der Waals surface area contributed by atoms with Gasteiger partial charge >= 0.3 is 0 Å². The van der Waals surface area contributed by atoms with Crippen molar-refractivity contribution in [3.05, 3.63) is 70.8 Å². The van der Waals surface area contributed by atoms with Crippen LogP contribution in [0, 0.1) is 18.6 Å². The highest BCUT2D eigenvalue weighted by Crippen LogP contribution is 2.31. The summed E-state index contributed by atoms with van der Waals surface area (Å²) in [6.07, 6.45) is 0. The van der Waals surface area contributed by atoms with E-state index >= 15 is 0 Å². The van der Waals surface area contributed by atoms with Gasteiger partial charge in [-0.25, -0.2) is 8.78 Å². The molecule has 0 aromatic heterocycles. The minimum absolute atomic E-state index is 0.308. The maximum Gasteiger partial charge on any atom is 0.131 e. The SMILES string of the molecule is Cc1cccc(C(Cl)c2ccc(F)cc2)c1F. The molecule has 0 aliphatic heterocycles. The average molecular weight is 253 g/mol. The fourth-order valence-corrected chi connectivity index (χ4v) is 1.99. The quantitative estimate of drug-likeness (QED) is 0.685. The highest BCUT2D eigenvalue weighted by Gasteiger charge is 2.16. The molecular formula is C14H11ClF2. The standard InChI is InChI=1S/C14H11ClF2/c1-9-3-2-4-12(14(9)17)13(15)10-5-7-11(16)8-6-10/h2-8,13H,1H3. The van der Waals surface area contributed by atoms with Crippen LogP contribution in [0.5, 0.6) is 0 Å². The summed E-state index contributed by atoms with van der Waals surface area (Å²) in [5, 5.41) is -0.601. The van der Waals surface area contributed by atoms with Crippen molar-refractivity contribution in [1.29, 1.82) is 0 Å². The lowest BCUT2D eigenvalue weighted by molar-refractivity contribution is 0.603. The first kappa shape index (κ1) is 12.1. The Kier molecular flexibility index (Phi) is 3.43. The van der Waals surface area contributed by atoms with Crippen LogP contribution in [0.1, 0.15) is 22.1 Å². The zero-order valence-corrected chi connectivity index (χ0v) is 10.0. The molecule has 0 aliphatic carbocycles. The van der Waals surface area contributed by atoms with Gasteiger partial charge in [-0.2, -0.15) is 0 Å². The zero-order valence-electron chi connectivity index (χ0n) is 9.25. The lowest BCUT2D eigenvalue weighted by Crippen LogP contribution is -1.98. The lowest BCUT2D eigenvalue weighted by atomic mass is 10.0. The third-order valence-corrected chi connectivity index (χ3v) is 3.14. The summed E-state index contributed by atoms with van der Waals surface area (Å²) in [5.41, 5.74) is 1.64. The third-order valence-electron chi connectivity index (χ3n) is 2.66. The maximum absolute atomic E-state index is 13.9. The van der Waals surface area contributed by atoms with Gasteiger partial charge in [0, 0.05) is 5.56 Å². The van der Waals surface area contributed by atoms with Crippen molar-refractivity contribution in [2.24, 2.45) is 0 Å². The summed E-state index contributed by atoms with van der Waals surface area (Å²) in [6.45, 7) is 1.69. The van der Waals surface area contributed by atoms with E-state index < -0.39 is 5.38 Å². The molecule has 0 fully saturated rings. The molecule has 0 bridgehead atoms. The smallest absolute Gasteiger partial charge is 0.131 e. The minimum Gasteiger partial charge on any atom is -0.207 e. The number of alkyl halides is 1. The Balaban J connectivity index is 2.40. The molecular weight excluding hydrogens is 242 g/mol. The van der Waals surface area contributed by atoms with Gasteiger partial charge in [-0.3, -0.25) is 0 Å². The predicted octanol–water partition coefficient (Wildman–Crippen LogP) is 4.60. The van der Waals surface area contributed by atoms with E-state index in [1.54, 1.807) is 37.3 Å². The number of rotatable bonds is 2. The van der Waals surface area contributed by atoms with Crippen molar-refractivity contribution < 1.29 is 8.78 Å². The third kappa shape index (κ3) is 2.47. The molecule has 1 unspecified atom stereocenters. The maximum atomic E-state index is 13.9. The van der Waals surface area contributed by atoms with Gasteiger partial charge in [0.05, 0.1) is 5.38 Å². The second-order valence-corrected chi connectivity index (χ2v) is 4.33. The fourth-order valence-electron chi connectivity index (χ4n) is 1.68. The molecule has 88 valence electrons. The first-order chi connectivity index (χ1) is 8.09. The minimum atomic E-state index is -0.601. The second kappa shape index (κ2) is 4.84. The Morgan fingerprint density at radius 3 is 2.29 bits per heavy atom.